The minimum atomic E-state index is -0.111. The van der Waals surface area contributed by atoms with Gasteiger partial charge in [0.1, 0.15) is 0 Å². The lowest BCUT2D eigenvalue weighted by Gasteiger charge is -2.09. The van der Waals surface area contributed by atoms with Gasteiger partial charge in [0.05, 0.1) is 25.2 Å². The number of aromatic nitrogens is 5. The van der Waals surface area contributed by atoms with Crippen molar-refractivity contribution in [3.63, 3.8) is 0 Å². The smallest absolute Gasteiger partial charge is 0.251 e. The summed E-state index contributed by atoms with van der Waals surface area (Å²) in [4.78, 5) is 26.0. The van der Waals surface area contributed by atoms with Crippen LogP contribution < -0.4 is 10.1 Å². The number of carbonyl (C=O) groups is 1. The van der Waals surface area contributed by atoms with E-state index in [9.17, 15) is 4.79 Å². The Morgan fingerprint density at radius 2 is 1.82 bits per heavy atom. The maximum atomic E-state index is 12.8. The fourth-order valence-electron chi connectivity index (χ4n) is 3.55. The number of methoxy groups -OCH3 is 1. The second-order valence-electron chi connectivity index (χ2n) is 7.81. The van der Waals surface area contributed by atoms with Gasteiger partial charge in [0.15, 0.2) is 17.4 Å². The molecule has 0 aliphatic rings. The summed E-state index contributed by atoms with van der Waals surface area (Å²) in [6, 6.07) is 17.7. The number of carbonyl (C=O) groups excluding carboxylic acids is 1. The van der Waals surface area contributed by atoms with Gasteiger partial charge in [-0.3, -0.25) is 4.79 Å². The van der Waals surface area contributed by atoms with E-state index in [2.05, 4.69) is 49.6 Å². The first kappa shape index (κ1) is 23.1. The maximum absolute atomic E-state index is 12.8. The molecule has 0 saturated heterocycles. The Balaban J connectivity index is 1.44. The van der Waals surface area contributed by atoms with Crippen molar-refractivity contribution < 1.29 is 9.53 Å². The van der Waals surface area contributed by atoms with Crippen molar-refractivity contribution in [3.8, 4) is 23.1 Å². The number of hydrogen-bond donors (Lipinski definition) is 1. The van der Waals surface area contributed by atoms with Crippen LogP contribution in [-0.4, -0.2) is 44.3 Å². The number of aryl methyl sites for hydroxylation is 2. The molecule has 4 aromatic rings. The van der Waals surface area contributed by atoms with Crippen LogP contribution in [-0.2, 0) is 12.8 Å². The molecule has 8 heteroatoms. The summed E-state index contributed by atoms with van der Waals surface area (Å²) in [6.07, 6.45) is 6.80. The van der Waals surface area contributed by atoms with Crippen molar-refractivity contribution in [2.45, 2.75) is 32.6 Å². The zero-order valence-electron chi connectivity index (χ0n) is 19.4. The maximum Gasteiger partial charge on any atom is 0.251 e. The summed E-state index contributed by atoms with van der Waals surface area (Å²) in [5, 5.41) is 7.61. The lowest BCUT2D eigenvalue weighted by molar-refractivity contribution is 0.0953. The second kappa shape index (κ2) is 11.2. The van der Waals surface area contributed by atoms with Crippen LogP contribution in [0.2, 0.25) is 0 Å². The Morgan fingerprint density at radius 3 is 2.56 bits per heavy atom. The zero-order chi connectivity index (χ0) is 23.8. The van der Waals surface area contributed by atoms with Crippen LogP contribution >= 0.6 is 0 Å². The summed E-state index contributed by atoms with van der Waals surface area (Å²) in [5.74, 6) is 2.06. The lowest BCUT2D eigenvalue weighted by Crippen LogP contribution is -2.24. The Labute approximate surface area is 199 Å². The van der Waals surface area contributed by atoms with Crippen LogP contribution in [0.1, 0.15) is 41.5 Å². The summed E-state index contributed by atoms with van der Waals surface area (Å²) in [7, 11) is 1.57. The molecule has 0 atom stereocenters. The largest absolute Gasteiger partial charge is 0.494 e. The number of ether oxygens (including phenoxy) is 1. The number of amides is 1. The normalized spacial score (nSPS) is 10.8. The first-order chi connectivity index (χ1) is 16.7. The predicted molar refractivity (Wildman–Crippen MR) is 130 cm³/mol. The highest BCUT2D eigenvalue weighted by atomic mass is 16.5. The van der Waals surface area contributed by atoms with E-state index in [0.29, 0.717) is 41.8 Å². The Morgan fingerprint density at radius 1 is 1.03 bits per heavy atom. The number of hydrogen-bond acceptors (Lipinski definition) is 6. The summed E-state index contributed by atoms with van der Waals surface area (Å²) in [6.45, 7) is 2.62. The van der Waals surface area contributed by atoms with Crippen LogP contribution in [0.15, 0.2) is 67.0 Å². The van der Waals surface area contributed by atoms with Crippen molar-refractivity contribution in [1.29, 1.82) is 0 Å². The van der Waals surface area contributed by atoms with E-state index < -0.39 is 0 Å². The average molecular weight is 457 g/mol. The molecule has 2 heterocycles. The summed E-state index contributed by atoms with van der Waals surface area (Å²) >= 11 is 0. The van der Waals surface area contributed by atoms with E-state index in [4.69, 9.17) is 4.74 Å². The molecule has 4 rings (SSSR count). The van der Waals surface area contributed by atoms with Gasteiger partial charge in [0.2, 0.25) is 5.82 Å². The Hall–Kier alpha value is -4.07. The molecule has 0 aliphatic carbocycles. The molecule has 1 amide bonds. The molecule has 2 aromatic heterocycles. The van der Waals surface area contributed by atoms with Crippen LogP contribution in [0.5, 0.6) is 5.75 Å². The van der Waals surface area contributed by atoms with Gasteiger partial charge < -0.3 is 10.1 Å². The molecule has 0 unspecified atom stereocenters. The standard InChI is InChI=1S/C26H28N6O2/c1-3-23-30-25(24-28-17-22(34-2)18-29-24)32(31-23)21-14-9-13-20(16-21)26(33)27-15-8-7-12-19-10-5-4-6-11-19/h4-6,9-11,13-14,16-18H,3,7-8,12,15H2,1-2H3,(H,27,33). The first-order valence-electron chi connectivity index (χ1n) is 11.4. The third-order valence-electron chi connectivity index (χ3n) is 5.40. The number of unbranched alkanes of at least 4 members (excludes halogenated alkanes) is 1. The van der Waals surface area contributed by atoms with E-state index in [0.717, 1.165) is 24.9 Å². The zero-order valence-corrected chi connectivity index (χ0v) is 19.4. The average Bonchev–Trinajstić information content (AvgIpc) is 3.34. The van der Waals surface area contributed by atoms with Gasteiger partial charge >= 0.3 is 0 Å². The van der Waals surface area contributed by atoms with Gasteiger partial charge in [-0.1, -0.05) is 43.3 Å². The highest BCUT2D eigenvalue weighted by Gasteiger charge is 2.17. The van der Waals surface area contributed by atoms with Gasteiger partial charge in [0.25, 0.3) is 5.91 Å². The summed E-state index contributed by atoms with van der Waals surface area (Å²) in [5.41, 5.74) is 2.60. The third kappa shape index (κ3) is 5.64. The van der Waals surface area contributed by atoms with Crippen LogP contribution in [0, 0.1) is 0 Å². The van der Waals surface area contributed by atoms with Gasteiger partial charge in [-0.15, -0.1) is 0 Å². The fourth-order valence-corrected chi connectivity index (χ4v) is 3.55. The van der Waals surface area contributed by atoms with Crippen LogP contribution in [0.4, 0.5) is 0 Å². The number of nitrogens with one attached hydrogen (secondary N) is 1. The quantitative estimate of drug-likeness (QED) is 0.362. The van der Waals surface area contributed by atoms with E-state index in [-0.39, 0.29) is 5.91 Å². The molecular formula is C26H28N6O2. The van der Waals surface area contributed by atoms with Crippen molar-refractivity contribution in [3.05, 3.63) is 83.9 Å². The molecular weight excluding hydrogens is 428 g/mol. The van der Waals surface area contributed by atoms with Crippen molar-refractivity contribution in [2.75, 3.05) is 13.7 Å². The molecule has 0 radical (unpaired) electrons. The van der Waals surface area contributed by atoms with Crippen LogP contribution in [0.25, 0.3) is 17.3 Å². The first-order valence-corrected chi connectivity index (χ1v) is 11.4. The topological polar surface area (TPSA) is 94.8 Å². The second-order valence-corrected chi connectivity index (χ2v) is 7.81. The molecule has 174 valence electrons. The molecule has 34 heavy (non-hydrogen) atoms. The molecule has 0 spiro atoms. The van der Waals surface area contributed by atoms with E-state index in [1.807, 2.05) is 25.1 Å². The molecule has 0 bridgehead atoms. The van der Waals surface area contributed by atoms with E-state index in [1.165, 1.54) is 5.56 Å². The monoisotopic (exact) mass is 456 g/mol. The Bertz CT molecular complexity index is 1220. The summed E-state index contributed by atoms with van der Waals surface area (Å²) < 4.78 is 6.82. The molecule has 1 N–H and O–H groups in total. The highest BCUT2D eigenvalue weighted by Crippen LogP contribution is 2.20. The van der Waals surface area contributed by atoms with E-state index in [1.54, 1.807) is 36.3 Å². The van der Waals surface area contributed by atoms with Crippen molar-refractivity contribution in [2.24, 2.45) is 0 Å². The predicted octanol–water partition coefficient (Wildman–Crippen LogP) is 4.05. The van der Waals surface area contributed by atoms with Gasteiger partial charge in [0, 0.05) is 18.5 Å². The molecule has 8 nitrogen and oxygen atoms in total. The highest BCUT2D eigenvalue weighted by molar-refractivity contribution is 5.94. The third-order valence-corrected chi connectivity index (χ3v) is 5.40. The van der Waals surface area contributed by atoms with Gasteiger partial charge in [-0.2, -0.15) is 5.10 Å². The number of rotatable bonds is 10. The lowest BCUT2D eigenvalue weighted by atomic mass is 10.1. The molecule has 0 saturated carbocycles. The minimum Gasteiger partial charge on any atom is -0.494 e. The van der Waals surface area contributed by atoms with Crippen LogP contribution in [0.3, 0.4) is 0 Å². The minimum absolute atomic E-state index is 0.111. The van der Waals surface area contributed by atoms with Crippen molar-refractivity contribution >= 4 is 5.91 Å². The van der Waals surface area contributed by atoms with Gasteiger partial charge in [-0.25, -0.2) is 19.6 Å². The molecule has 0 aliphatic heterocycles. The number of nitrogens with zero attached hydrogens (tertiary/aromatic N) is 5. The van der Waals surface area contributed by atoms with Gasteiger partial charge in [-0.05, 0) is 43.0 Å². The SMILES string of the molecule is CCc1nc(-c2ncc(OC)cn2)n(-c2cccc(C(=O)NCCCCc3ccccc3)c2)n1. The van der Waals surface area contributed by atoms with Crippen molar-refractivity contribution in [1.82, 2.24) is 30.0 Å². The fraction of sp³-hybridized carbons (Fsp3) is 0.269. The molecule has 2 aromatic carbocycles. The molecule has 0 fully saturated rings. The van der Waals surface area contributed by atoms with E-state index >= 15 is 0 Å². The number of benzene rings is 2. The Kier molecular flexibility index (Phi) is 7.60.